The number of hydrogen-bond donors (Lipinski definition) is 1. The third-order valence-electron chi connectivity index (χ3n) is 5.87. The lowest BCUT2D eigenvalue weighted by Crippen LogP contribution is -2.44. The summed E-state index contributed by atoms with van der Waals surface area (Å²) in [5.74, 6) is -0.0519. The highest BCUT2D eigenvalue weighted by atomic mass is 32.2. The van der Waals surface area contributed by atoms with Gasteiger partial charge in [-0.3, -0.25) is 4.79 Å². The number of nitrogens with one attached hydrogen (secondary N) is 1. The molecule has 0 spiro atoms. The molecule has 1 aliphatic heterocycles. The van der Waals surface area contributed by atoms with Crippen molar-refractivity contribution in [3.8, 4) is 5.75 Å². The van der Waals surface area contributed by atoms with E-state index < -0.39 is 15.8 Å². The average molecular weight is 464 g/mol. The zero-order valence-corrected chi connectivity index (χ0v) is 19.4. The Kier molecular flexibility index (Phi) is 7.86. The van der Waals surface area contributed by atoms with Gasteiger partial charge < -0.3 is 15.0 Å². The van der Waals surface area contributed by atoms with E-state index in [1.165, 1.54) is 16.4 Å². The second-order valence-corrected chi connectivity index (χ2v) is 10.0. The number of benzene rings is 2. The van der Waals surface area contributed by atoms with E-state index in [1.54, 1.807) is 7.11 Å². The Morgan fingerprint density at radius 3 is 2.38 bits per heavy atom. The fraction of sp³-hybridized carbons (Fsp3) is 0.435. The normalized spacial score (nSPS) is 16.7. The van der Waals surface area contributed by atoms with Crippen molar-refractivity contribution < 1.29 is 22.3 Å². The summed E-state index contributed by atoms with van der Waals surface area (Å²) >= 11 is 0. The van der Waals surface area contributed by atoms with E-state index in [0.29, 0.717) is 19.4 Å². The number of hydrogen-bond acceptors (Lipinski definition) is 5. The minimum atomic E-state index is -3.69. The molecule has 1 aliphatic rings. The predicted molar refractivity (Wildman–Crippen MR) is 120 cm³/mol. The smallest absolute Gasteiger partial charge is 0.243 e. The number of sulfonamides is 1. The van der Waals surface area contributed by atoms with Gasteiger partial charge in [0.1, 0.15) is 11.6 Å². The van der Waals surface area contributed by atoms with E-state index in [4.69, 9.17) is 4.74 Å². The quantitative estimate of drug-likeness (QED) is 0.651. The van der Waals surface area contributed by atoms with E-state index in [1.807, 2.05) is 43.3 Å². The second-order valence-electron chi connectivity index (χ2n) is 8.10. The molecular weight excluding hydrogens is 433 g/mol. The van der Waals surface area contributed by atoms with Crippen LogP contribution < -0.4 is 10.1 Å². The highest BCUT2D eigenvalue weighted by Gasteiger charge is 2.32. The van der Waals surface area contributed by atoms with Gasteiger partial charge in [-0.25, -0.2) is 12.8 Å². The first-order valence-electron chi connectivity index (χ1n) is 10.6. The zero-order chi connectivity index (χ0) is 23.3. The van der Waals surface area contributed by atoms with Crippen LogP contribution >= 0.6 is 0 Å². The van der Waals surface area contributed by atoms with E-state index in [0.717, 1.165) is 23.4 Å². The van der Waals surface area contributed by atoms with Gasteiger partial charge in [0, 0.05) is 31.1 Å². The molecule has 9 heteroatoms. The maximum absolute atomic E-state index is 13.1. The number of rotatable bonds is 8. The Morgan fingerprint density at radius 2 is 1.78 bits per heavy atom. The lowest BCUT2D eigenvalue weighted by atomic mass is 9.97. The Labute approximate surface area is 189 Å². The molecule has 32 heavy (non-hydrogen) atoms. The van der Waals surface area contributed by atoms with Gasteiger partial charge in [-0.05, 0) is 57.3 Å². The molecule has 1 saturated heterocycles. The summed E-state index contributed by atoms with van der Waals surface area (Å²) in [6, 6.07) is 12.5. The molecular formula is C23H30FN3O4S. The fourth-order valence-electron chi connectivity index (χ4n) is 3.97. The Bertz CT molecular complexity index is 1020. The molecule has 1 fully saturated rings. The molecule has 0 saturated carbocycles. The number of amides is 1. The molecule has 2 aromatic rings. The molecule has 0 unspecified atom stereocenters. The first-order chi connectivity index (χ1) is 15.2. The summed E-state index contributed by atoms with van der Waals surface area (Å²) < 4.78 is 45.5. The summed E-state index contributed by atoms with van der Waals surface area (Å²) in [4.78, 5) is 14.9. The molecule has 174 valence electrons. The van der Waals surface area contributed by atoms with Crippen LogP contribution in [0.2, 0.25) is 0 Å². The van der Waals surface area contributed by atoms with Gasteiger partial charge in [-0.1, -0.05) is 18.2 Å². The monoisotopic (exact) mass is 463 g/mol. The van der Waals surface area contributed by atoms with Crippen molar-refractivity contribution in [1.29, 1.82) is 0 Å². The SMILES string of the molecule is COc1ccccc1[C@@H](CNC(=O)C1CCN(S(=O)(=O)c2ccc(F)cc2)CC1)N(C)C. The number of nitrogens with zero attached hydrogens (tertiary/aromatic N) is 2. The zero-order valence-electron chi connectivity index (χ0n) is 18.6. The molecule has 1 atom stereocenters. The van der Waals surface area contributed by atoms with Gasteiger partial charge in [0.25, 0.3) is 0 Å². The van der Waals surface area contributed by atoms with Crippen LogP contribution in [-0.4, -0.2) is 64.4 Å². The molecule has 7 nitrogen and oxygen atoms in total. The Morgan fingerprint density at radius 1 is 1.16 bits per heavy atom. The lowest BCUT2D eigenvalue weighted by molar-refractivity contribution is -0.126. The summed E-state index contributed by atoms with van der Waals surface area (Å²) in [5, 5.41) is 3.03. The van der Waals surface area contributed by atoms with Gasteiger partial charge in [0.15, 0.2) is 0 Å². The van der Waals surface area contributed by atoms with Crippen LogP contribution in [-0.2, 0) is 14.8 Å². The van der Waals surface area contributed by atoms with Gasteiger partial charge in [0.2, 0.25) is 15.9 Å². The molecule has 1 heterocycles. The van der Waals surface area contributed by atoms with E-state index >= 15 is 0 Å². The van der Waals surface area contributed by atoms with Crippen LogP contribution in [0.4, 0.5) is 4.39 Å². The van der Waals surface area contributed by atoms with Crippen molar-refractivity contribution in [2.75, 3.05) is 40.8 Å². The topological polar surface area (TPSA) is 79.0 Å². The fourth-order valence-corrected chi connectivity index (χ4v) is 5.44. The molecule has 3 rings (SSSR count). The van der Waals surface area contributed by atoms with Gasteiger partial charge in [-0.2, -0.15) is 4.31 Å². The molecule has 0 aliphatic carbocycles. The lowest BCUT2D eigenvalue weighted by Gasteiger charge is -2.31. The maximum Gasteiger partial charge on any atom is 0.243 e. The number of para-hydroxylation sites is 1. The third-order valence-corrected chi connectivity index (χ3v) is 7.78. The number of carbonyl (C=O) groups excluding carboxylic acids is 1. The van der Waals surface area contributed by atoms with Gasteiger partial charge in [-0.15, -0.1) is 0 Å². The number of carbonyl (C=O) groups is 1. The van der Waals surface area contributed by atoms with Crippen LogP contribution in [0.25, 0.3) is 0 Å². The summed E-state index contributed by atoms with van der Waals surface area (Å²) in [5.41, 5.74) is 0.987. The van der Waals surface area contributed by atoms with E-state index in [9.17, 15) is 17.6 Å². The van der Waals surface area contributed by atoms with E-state index in [2.05, 4.69) is 5.32 Å². The second kappa shape index (κ2) is 10.4. The minimum absolute atomic E-state index is 0.0611. The van der Waals surface area contributed by atoms with Crippen LogP contribution in [0, 0.1) is 11.7 Å². The molecule has 0 bridgehead atoms. The third kappa shape index (κ3) is 5.46. The van der Waals surface area contributed by atoms with Crippen molar-refractivity contribution >= 4 is 15.9 Å². The van der Waals surface area contributed by atoms with Gasteiger partial charge >= 0.3 is 0 Å². The summed E-state index contributed by atoms with van der Waals surface area (Å²) in [6.07, 6.45) is 0.876. The largest absolute Gasteiger partial charge is 0.496 e. The highest BCUT2D eigenvalue weighted by molar-refractivity contribution is 7.89. The number of piperidine rings is 1. The van der Waals surface area contributed by atoms with Crippen molar-refractivity contribution in [3.63, 3.8) is 0 Å². The number of methoxy groups -OCH3 is 1. The molecule has 1 N–H and O–H groups in total. The first-order valence-corrected chi connectivity index (χ1v) is 12.0. The van der Waals surface area contributed by atoms with E-state index in [-0.39, 0.29) is 35.9 Å². The number of halogens is 1. The number of ether oxygens (including phenoxy) is 1. The van der Waals surface area contributed by atoms with Crippen molar-refractivity contribution in [3.05, 3.63) is 59.9 Å². The van der Waals surface area contributed by atoms with Crippen LogP contribution in [0.5, 0.6) is 5.75 Å². The predicted octanol–water partition coefficient (Wildman–Crippen LogP) is 2.65. The molecule has 2 aromatic carbocycles. The maximum atomic E-state index is 13.1. The molecule has 0 aromatic heterocycles. The van der Waals surface area contributed by atoms with Gasteiger partial charge in [0.05, 0.1) is 18.0 Å². The Balaban J connectivity index is 1.58. The molecule has 0 radical (unpaired) electrons. The first kappa shape index (κ1) is 24.2. The average Bonchev–Trinajstić information content (AvgIpc) is 2.79. The van der Waals surface area contributed by atoms with Crippen LogP contribution in [0.1, 0.15) is 24.4 Å². The summed E-state index contributed by atoms with van der Waals surface area (Å²) in [7, 11) is 1.82. The molecule has 1 amide bonds. The standard InChI is InChI=1S/C23H30FN3O4S/c1-26(2)21(20-6-4-5-7-22(20)31-3)16-25-23(28)17-12-14-27(15-13-17)32(29,30)19-10-8-18(24)9-11-19/h4-11,17,21H,12-16H2,1-3H3,(H,25,28)/t21-/m1/s1. The van der Waals surface area contributed by atoms with Crippen LogP contribution in [0.3, 0.4) is 0 Å². The van der Waals surface area contributed by atoms with Crippen molar-refractivity contribution in [2.24, 2.45) is 5.92 Å². The minimum Gasteiger partial charge on any atom is -0.496 e. The Hall–Kier alpha value is -2.49. The van der Waals surface area contributed by atoms with Crippen molar-refractivity contribution in [1.82, 2.24) is 14.5 Å². The van der Waals surface area contributed by atoms with Crippen molar-refractivity contribution in [2.45, 2.75) is 23.8 Å². The number of likely N-dealkylation sites (N-methyl/N-ethyl adjacent to an activating group) is 1. The highest BCUT2D eigenvalue weighted by Crippen LogP contribution is 2.28. The van der Waals surface area contributed by atoms with Crippen LogP contribution in [0.15, 0.2) is 53.4 Å². The summed E-state index contributed by atoms with van der Waals surface area (Å²) in [6.45, 7) is 0.920.